The van der Waals surface area contributed by atoms with Crippen molar-refractivity contribution in [2.45, 2.75) is 40.2 Å². The van der Waals surface area contributed by atoms with Crippen LogP contribution in [0.2, 0.25) is 5.02 Å². The van der Waals surface area contributed by atoms with E-state index in [1.807, 2.05) is 18.6 Å². The molecule has 1 aliphatic heterocycles. The average Bonchev–Trinajstić information content (AvgIpc) is 2.93. The number of urea groups is 1. The van der Waals surface area contributed by atoms with Gasteiger partial charge in [-0.1, -0.05) is 11.6 Å². The standard InChI is InChI=1S/C15H21ClN4O3S/c1-9(2)20-6-5-13(18-20)24(22,23)19-15(21)17-14-10(3)7-12(16)8-11(14)4/h7-9H,5-6H2,1-4H3,(H2,17,19,21). The second kappa shape index (κ2) is 6.98. The van der Waals surface area contributed by atoms with E-state index in [9.17, 15) is 13.2 Å². The van der Waals surface area contributed by atoms with E-state index in [1.54, 1.807) is 31.0 Å². The number of sulfonamides is 1. The molecule has 0 unspecified atom stereocenters. The lowest BCUT2D eigenvalue weighted by atomic mass is 10.1. The predicted molar refractivity (Wildman–Crippen MR) is 95.9 cm³/mol. The second-order valence-electron chi connectivity index (χ2n) is 5.97. The van der Waals surface area contributed by atoms with E-state index in [-0.39, 0.29) is 17.5 Å². The third kappa shape index (κ3) is 4.18. The van der Waals surface area contributed by atoms with Gasteiger partial charge in [-0.2, -0.15) is 13.5 Å². The molecule has 2 rings (SSSR count). The number of rotatable bonds is 2. The van der Waals surface area contributed by atoms with Crippen molar-refractivity contribution in [3.05, 3.63) is 28.3 Å². The molecule has 0 aromatic heterocycles. The van der Waals surface area contributed by atoms with Gasteiger partial charge >= 0.3 is 6.03 Å². The number of hydrogen-bond acceptors (Lipinski definition) is 5. The van der Waals surface area contributed by atoms with E-state index in [1.165, 1.54) is 0 Å². The fraction of sp³-hybridized carbons (Fsp3) is 0.467. The van der Waals surface area contributed by atoms with E-state index in [0.29, 0.717) is 17.3 Å². The SMILES string of the molecule is Cc1cc(Cl)cc(C)c1NC(=O)NS(=O)(=O)C1=NN(C(C)C)CC1. The number of benzene rings is 1. The van der Waals surface area contributed by atoms with Crippen LogP contribution in [-0.2, 0) is 10.0 Å². The summed E-state index contributed by atoms with van der Waals surface area (Å²) < 4.78 is 26.6. The Hall–Kier alpha value is -1.80. The molecule has 0 spiro atoms. The summed E-state index contributed by atoms with van der Waals surface area (Å²) in [7, 11) is -3.96. The van der Waals surface area contributed by atoms with Crippen LogP contribution in [0.5, 0.6) is 0 Å². The van der Waals surface area contributed by atoms with Gasteiger partial charge in [0, 0.05) is 29.7 Å². The summed E-state index contributed by atoms with van der Waals surface area (Å²) in [6.45, 7) is 7.93. The highest BCUT2D eigenvalue weighted by Gasteiger charge is 2.29. The Bertz CT molecular complexity index is 767. The van der Waals surface area contributed by atoms with Gasteiger partial charge in [-0.3, -0.25) is 5.01 Å². The van der Waals surface area contributed by atoms with Crippen LogP contribution in [-0.4, -0.2) is 37.1 Å². The van der Waals surface area contributed by atoms with Gasteiger partial charge in [-0.15, -0.1) is 0 Å². The number of aryl methyl sites for hydroxylation is 2. The summed E-state index contributed by atoms with van der Waals surface area (Å²) in [5, 5.41) is 8.83. The van der Waals surface area contributed by atoms with E-state index in [0.717, 1.165) is 11.1 Å². The van der Waals surface area contributed by atoms with Crippen LogP contribution in [0.3, 0.4) is 0 Å². The quantitative estimate of drug-likeness (QED) is 0.835. The minimum atomic E-state index is -3.96. The lowest BCUT2D eigenvalue weighted by Crippen LogP contribution is -2.38. The number of carbonyl (C=O) groups is 1. The van der Waals surface area contributed by atoms with Crippen LogP contribution >= 0.6 is 11.6 Å². The third-order valence-corrected chi connectivity index (χ3v) is 5.24. The molecule has 0 radical (unpaired) electrons. The molecule has 1 aliphatic rings. The number of nitrogens with one attached hydrogen (secondary N) is 2. The number of carbonyl (C=O) groups excluding carboxylic acids is 1. The molecular formula is C15H21ClN4O3S. The van der Waals surface area contributed by atoms with E-state index in [4.69, 9.17) is 11.6 Å². The molecule has 0 aliphatic carbocycles. The van der Waals surface area contributed by atoms with Gasteiger partial charge in [-0.05, 0) is 51.0 Å². The summed E-state index contributed by atoms with van der Waals surface area (Å²) in [4.78, 5) is 12.1. The van der Waals surface area contributed by atoms with E-state index >= 15 is 0 Å². The zero-order valence-electron chi connectivity index (χ0n) is 14.1. The molecule has 7 nitrogen and oxygen atoms in total. The van der Waals surface area contributed by atoms with Crippen molar-refractivity contribution in [1.82, 2.24) is 9.73 Å². The molecule has 0 bridgehead atoms. The van der Waals surface area contributed by atoms with E-state index < -0.39 is 16.1 Å². The van der Waals surface area contributed by atoms with Gasteiger partial charge in [0.2, 0.25) is 0 Å². The summed E-state index contributed by atoms with van der Waals surface area (Å²) in [6.07, 6.45) is 0.278. The van der Waals surface area contributed by atoms with Crippen molar-refractivity contribution in [1.29, 1.82) is 0 Å². The van der Waals surface area contributed by atoms with Crippen molar-refractivity contribution in [3.63, 3.8) is 0 Å². The molecule has 132 valence electrons. The van der Waals surface area contributed by atoms with Crippen LogP contribution in [0.4, 0.5) is 10.5 Å². The summed E-state index contributed by atoms with van der Waals surface area (Å²) >= 11 is 5.95. The first-order valence-electron chi connectivity index (χ1n) is 7.55. The lowest BCUT2D eigenvalue weighted by Gasteiger charge is -2.17. The molecule has 1 heterocycles. The summed E-state index contributed by atoms with van der Waals surface area (Å²) in [5.74, 6) is 0. The van der Waals surface area contributed by atoms with Crippen LogP contribution in [0.1, 0.15) is 31.4 Å². The molecule has 2 N–H and O–H groups in total. The van der Waals surface area contributed by atoms with Crippen LogP contribution in [0, 0.1) is 13.8 Å². The number of amides is 2. The van der Waals surface area contributed by atoms with Gasteiger partial charge in [0.15, 0.2) is 5.04 Å². The number of hydrogen-bond donors (Lipinski definition) is 2. The normalized spacial score (nSPS) is 14.8. The maximum atomic E-state index is 12.3. The molecule has 1 aromatic carbocycles. The number of anilines is 1. The zero-order valence-corrected chi connectivity index (χ0v) is 15.6. The first kappa shape index (κ1) is 18.5. The monoisotopic (exact) mass is 372 g/mol. The highest BCUT2D eigenvalue weighted by molar-refractivity contribution is 8.05. The fourth-order valence-electron chi connectivity index (χ4n) is 2.44. The first-order chi connectivity index (χ1) is 11.1. The topological polar surface area (TPSA) is 90.9 Å². The van der Waals surface area contributed by atoms with Gasteiger partial charge < -0.3 is 5.32 Å². The Morgan fingerprint density at radius 2 is 1.88 bits per heavy atom. The lowest BCUT2D eigenvalue weighted by molar-refractivity contribution is 0.256. The van der Waals surface area contributed by atoms with Crippen LogP contribution < -0.4 is 10.0 Å². The zero-order chi connectivity index (χ0) is 18.1. The highest BCUT2D eigenvalue weighted by atomic mass is 35.5. The van der Waals surface area contributed by atoms with Crippen LogP contribution in [0.25, 0.3) is 0 Å². The van der Waals surface area contributed by atoms with E-state index in [2.05, 4.69) is 10.4 Å². The molecule has 0 fully saturated rings. The highest BCUT2D eigenvalue weighted by Crippen LogP contribution is 2.24. The van der Waals surface area contributed by atoms with Gasteiger partial charge in [0.1, 0.15) is 0 Å². The molecule has 2 amide bonds. The molecule has 1 aromatic rings. The van der Waals surface area contributed by atoms with Gasteiger partial charge in [0.25, 0.3) is 10.0 Å². The van der Waals surface area contributed by atoms with Gasteiger partial charge in [0.05, 0.1) is 0 Å². The first-order valence-corrected chi connectivity index (χ1v) is 9.41. The van der Waals surface area contributed by atoms with Crippen molar-refractivity contribution in [2.24, 2.45) is 5.10 Å². The Labute approximate surface area is 147 Å². The molecule has 0 atom stereocenters. The number of nitrogens with zero attached hydrogens (tertiary/aromatic N) is 2. The number of halogens is 1. The third-order valence-electron chi connectivity index (χ3n) is 3.66. The Morgan fingerprint density at radius 1 is 1.29 bits per heavy atom. The molecular weight excluding hydrogens is 352 g/mol. The fourth-order valence-corrected chi connectivity index (χ4v) is 3.76. The minimum Gasteiger partial charge on any atom is -0.307 e. The number of hydrazone groups is 1. The smallest absolute Gasteiger partial charge is 0.307 e. The molecule has 0 saturated heterocycles. The maximum absolute atomic E-state index is 12.3. The molecule has 0 saturated carbocycles. The van der Waals surface area contributed by atoms with Crippen LogP contribution in [0.15, 0.2) is 17.2 Å². The molecule has 24 heavy (non-hydrogen) atoms. The minimum absolute atomic E-state index is 0.0316. The largest absolute Gasteiger partial charge is 0.333 e. The second-order valence-corrected chi connectivity index (χ2v) is 8.09. The average molecular weight is 373 g/mol. The Balaban J connectivity index is 2.11. The van der Waals surface area contributed by atoms with Crippen molar-refractivity contribution in [3.8, 4) is 0 Å². The van der Waals surface area contributed by atoms with Crippen molar-refractivity contribution < 1.29 is 13.2 Å². The van der Waals surface area contributed by atoms with Crippen molar-refractivity contribution in [2.75, 3.05) is 11.9 Å². The molecule has 9 heteroatoms. The Morgan fingerprint density at radius 3 is 2.38 bits per heavy atom. The maximum Gasteiger partial charge on any atom is 0.333 e. The predicted octanol–water partition coefficient (Wildman–Crippen LogP) is 2.84. The Kier molecular flexibility index (Phi) is 5.39. The summed E-state index contributed by atoms with van der Waals surface area (Å²) in [5.41, 5.74) is 2.03. The van der Waals surface area contributed by atoms with Gasteiger partial charge in [-0.25, -0.2) is 9.52 Å². The summed E-state index contributed by atoms with van der Waals surface area (Å²) in [6, 6.07) is 2.67. The van der Waals surface area contributed by atoms with Crippen molar-refractivity contribution >= 4 is 38.4 Å².